The van der Waals surface area contributed by atoms with Crippen molar-refractivity contribution in [3.05, 3.63) is 81.9 Å². The van der Waals surface area contributed by atoms with Crippen LogP contribution in [0.5, 0.6) is 0 Å². The van der Waals surface area contributed by atoms with Gasteiger partial charge in [-0.15, -0.1) is 0 Å². The Morgan fingerprint density at radius 2 is 1.59 bits per heavy atom. The molecule has 1 heterocycles. The van der Waals surface area contributed by atoms with Gasteiger partial charge in [-0.2, -0.15) is 0 Å². The molecule has 0 bridgehead atoms. The zero-order valence-electron chi connectivity index (χ0n) is 12.6. The molecule has 2 aromatic carbocycles. The first-order valence-corrected chi connectivity index (χ1v) is 7.57. The van der Waals surface area contributed by atoms with Gasteiger partial charge < -0.3 is 4.42 Å². The Morgan fingerprint density at radius 3 is 2.32 bits per heavy atom. The van der Waals surface area contributed by atoms with Gasteiger partial charge in [-0.3, -0.25) is 0 Å². The highest BCUT2D eigenvalue weighted by Crippen LogP contribution is 2.23. The minimum atomic E-state index is -0.254. The Kier molecular flexibility index (Phi) is 4.19. The molecule has 3 aromatic rings. The van der Waals surface area contributed by atoms with E-state index in [4.69, 9.17) is 4.42 Å². The minimum Gasteiger partial charge on any atom is -0.427 e. The molecule has 2 heteroatoms. The van der Waals surface area contributed by atoms with E-state index in [9.17, 15) is 4.79 Å². The zero-order valence-corrected chi connectivity index (χ0v) is 12.6. The second kappa shape index (κ2) is 6.44. The van der Waals surface area contributed by atoms with Crippen LogP contribution in [0.25, 0.3) is 22.9 Å². The Morgan fingerprint density at radius 1 is 0.909 bits per heavy atom. The van der Waals surface area contributed by atoms with Gasteiger partial charge in [0.1, 0.15) is 5.76 Å². The summed E-state index contributed by atoms with van der Waals surface area (Å²) in [7, 11) is 0. The molecule has 1 aromatic heterocycles. The highest BCUT2D eigenvalue weighted by molar-refractivity contribution is 5.92. The lowest BCUT2D eigenvalue weighted by atomic mass is 10.0. The van der Waals surface area contributed by atoms with Crippen LogP contribution in [0.1, 0.15) is 30.2 Å². The standard InChI is InChI=1S/C20H18O2/c1-2-8-19-17(14-13-15-9-4-3-5-10-15)16-11-6-7-12-18(16)20(21)22-19/h3-7,9-14H,2,8H2,1H3/b14-13+. The van der Waals surface area contributed by atoms with Crippen molar-refractivity contribution >= 4 is 22.9 Å². The summed E-state index contributed by atoms with van der Waals surface area (Å²) in [6, 6.07) is 17.7. The third-order valence-electron chi connectivity index (χ3n) is 3.67. The van der Waals surface area contributed by atoms with Crippen molar-refractivity contribution in [3.63, 3.8) is 0 Å². The van der Waals surface area contributed by atoms with Crippen LogP contribution in [0.3, 0.4) is 0 Å². The third-order valence-corrected chi connectivity index (χ3v) is 3.67. The van der Waals surface area contributed by atoms with E-state index in [0.29, 0.717) is 5.39 Å². The molecule has 0 radical (unpaired) electrons. The third kappa shape index (κ3) is 2.86. The van der Waals surface area contributed by atoms with Gasteiger partial charge in [-0.05, 0) is 23.4 Å². The van der Waals surface area contributed by atoms with Crippen molar-refractivity contribution in [2.24, 2.45) is 0 Å². The van der Waals surface area contributed by atoms with E-state index in [0.717, 1.165) is 35.1 Å². The molecule has 0 unspecified atom stereocenters. The minimum absolute atomic E-state index is 0.254. The van der Waals surface area contributed by atoms with Gasteiger partial charge in [0.15, 0.2) is 0 Å². The van der Waals surface area contributed by atoms with Gasteiger partial charge in [-0.25, -0.2) is 4.79 Å². The zero-order chi connectivity index (χ0) is 15.4. The van der Waals surface area contributed by atoms with E-state index in [2.05, 4.69) is 25.1 Å². The van der Waals surface area contributed by atoms with E-state index in [1.165, 1.54) is 0 Å². The van der Waals surface area contributed by atoms with Gasteiger partial charge in [-0.1, -0.05) is 67.6 Å². The average Bonchev–Trinajstić information content (AvgIpc) is 2.56. The lowest BCUT2D eigenvalue weighted by Crippen LogP contribution is -2.04. The molecule has 0 saturated carbocycles. The quantitative estimate of drug-likeness (QED) is 0.683. The molecule has 0 aliphatic carbocycles. The Bertz CT molecular complexity index is 858. The van der Waals surface area contributed by atoms with Gasteiger partial charge in [0, 0.05) is 12.0 Å². The van der Waals surface area contributed by atoms with E-state index in [1.54, 1.807) is 0 Å². The van der Waals surface area contributed by atoms with E-state index < -0.39 is 0 Å². The number of rotatable bonds is 4. The fourth-order valence-electron chi connectivity index (χ4n) is 2.61. The molecule has 0 N–H and O–H groups in total. The fraction of sp³-hybridized carbons (Fsp3) is 0.150. The van der Waals surface area contributed by atoms with Crippen molar-refractivity contribution in [3.8, 4) is 0 Å². The van der Waals surface area contributed by atoms with Crippen LogP contribution in [-0.4, -0.2) is 0 Å². The van der Waals surface area contributed by atoms with Crippen LogP contribution < -0.4 is 5.63 Å². The van der Waals surface area contributed by atoms with Crippen molar-refractivity contribution in [1.29, 1.82) is 0 Å². The molecule has 0 aliphatic rings. The monoisotopic (exact) mass is 290 g/mol. The molecular weight excluding hydrogens is 272 g/mol. The molecule has 0 spiro atoms. The summed E-state index contributed by atoms with van der Waals surface area (Å²) in [5.74, 6) is 0.762. The first-order valence-electron chi connectivity index (χ1n) is 7.57. The van der Waals surface area contributed by atoms with Crippen molar-refractivity contribution in [1.82, 2.24) is 0 Å². The Balaban J connectivity index is 2.17. The maximum absolute atomic E-state index is 12.1. The van der Waals surface area contributed by atoms with Gasteiger partial charge in [0.2, 0.25) is 0 Å². The smallest absolute Gasteiger partial charge is 0.343 e. The lowest BCUT2D eigenvalue weighted by molar-refractivity contribution is 0.463. The maximum atomic E-state index is 12.1. The number of benzene rings is 2. The first kappa shape index (κ1) is 14.3. The summed E-state index contributed by atoms with van der Waals surface area (Å²) in [6.45, 7) is 2.08. The lowest BCUT2D eigenvalue weighted by Gasteiger charge is -2.07. The number of fused-ring (bicyclic) bond motifs is 1. The van der Waals surface area contributed by atoms with Crippen LogP contribution in [0, 0.1) is 0 Å². The molecule has 0 aliphatic heterocycles. The Labute approximate surface area is 129 Å². The number of hydrogen-bond acceptors (Lipinski definition) is 2. The van der Waals surface area contributed by atoms with Crippen molar-refractivity contribution in [2.75, 3.05) is 0 Å². The predicted octanol–water partition coefficient (Wildman–Crippen LogP) is 4.92. The van der Waals surface area contributed by atoms with Gasteiger partial charge in [0.05, 0.1) is 5.39 Å². The summed E-state index contributed by atoms with van der Waals surface area (Å²) < 4.78 is 5.54. The van der Waals surface area contributed by atoms with Crippen LogP contribution in [0.4, 0.5) is 0 Å². The van der Waals surface area contributed by atoms with Crippen LogP contribution in [0.15, 0.2) is 63.8 Å². The average molecular weight is 290 g/mol. The topological polar surface area (TPSA) is 30.2 Å². The predicted molar refractivity (Wildman–Crippen MR) is 91.8 cm³/mol. The maximum Gasteiger partial charge on any atom is 0.343 e. The van der Waals surface area contributed by atoms with Gasteiger partial charge >= 0.3 is 5.63 Å². The summed E-state index contributed by atoms with van der Waals surface area (Å²) in [6.07, 6.45) is 5.80. The molecule has 0 fully saturated rings. The SMILES string of the molecule is CCCc1oc(=O)c2ccccc2c1/C=C/c1ccccc1. The molecule has 0 atom stereocenters. The summed E-state index contributed by atoms with van der Waals surface area (Å²) in [5, 5.41) is 1.59. The molecule has 0 amide bonds. The number of aryl methyl sites for hydroxylation is 1. The molecule has 3 rings (SSSR count). The van der Waals surface area contributed by atoms with Crippen LogP contribution in [-0.2, 0) is 6.42 Å². The van der Waals surface area contributed by atoms with Gasteiger partial charge in [0.25, 0.3) is 0 Å². The second-order valence-corrected chi connectivity index (χ2v) is 5.27. The van der Waals surface area contributed by atoms with Crippen molar-refractivity contribution < 1.29 is 4.42 Å². The van der Waals surface area contributed by atoms with E-state index >= 15 is 0 Å². The van der Waals surface area contributed by atoms with Crippen LogP contribution >= 0.6 is 0 Å². The van der Waals surface area contributed by atoms with Crippen LogP contribution in [0.2, 0.25) is 0 Å². The molecular formula is C20H18O2. The second-order valence-electron chi connectivity index (χ2n) is 5.27. The summed E-state index contributed by atoms with van der Waals surface area (Å²) in [5.41, 5.74) is 1.87. The summed E-state index contributed by atoms with van der Waals surface area (Å²) >= 11 is 0. The molecule has 22 heavy (non-hydrogen) atoms. The Hall–Kier alpha value is -2.61. The normalized spacial score (nSPS) is 11.3. The molecule has 110 valence electrons. The summed E-state index contributed by atoms with van der Waals surface area (Å²) in [4.78, 5) is 12.1. The highest BCUT2D eigenvalue weighted by atomic mass is 16.4. The largest absolute Gasteiger partial charge is 0.427 e. The molecule has 0 saturated heterocycles. The highest BCUT2D eigenvalue weighted by Gasteiger charge is 2.10. The van der Waals surface area contributed by atoms with Crippen molar-refractivity contribution in [2.45, 2.75) is 19.8 Å². The number of hydrogen-bond donors (Lipinski definition) is 0. The fourth-order valence-corrected chi connectivity index (χ4v) is 2.61. The van der Waals surface area contributed by atoms with E-state index in [1.807, 2.05) is 48.5 Å². The van der Waals surface area contributed by atoms with E-state index in [-0.39, 0.29) is 5.63 Å². The first-order chi connectivity index (χ1) is 10.8. The molecule has 2 nitrogen and oxygen atoms in total.